The van der Waals surface area contributed by atoms with Crippen molar-refractivity contribution in [2.75, 3.05) is 33.3 Å². The Kier molecular flexibility index (Phi) is 5.98. The Morgan fingerprint density at radius 2 is 1.74 bits per heavy atom. The van der Waals surface area contributed by atoms with Crippen LogP contribution in [0, 0.1) is 11.8 Å². The molecule has 0 atom stereocenters. The minimum Gasteiger partial charge on any atom is -0.493 e. The molecule has 0 radical (unpaired) electrons. The van der Waals surface area contributed by atoms with Crippen LogP contribution in [0.2, 0.25) is 0 Å². The molecule has 0 aromatic heterocycles. The largest absolute Gasteiger partial charge is 0.493 e. The third-order valence-corrected chi connectivity index (χ3v) is 5.20. The van der Waals surface area contributed by atoms with E-state index in [9.17, 15) is 14.4 Å². The summed E-state index contributed by atoms with van der Waals surface area (Å²) in [5.41, 5.74) is 0.508. The molecule has 0 unspecified atom stereocenters. The molecule has 1 aromatic rings. The number of carboxylic acids is 1. The zero-order valence-corrected chi connectivity index (χ0v) is 15.6. The minimum atomic E-state index is -0.807. The van der Waals surface area contributed by atoms with E-state index >= 15 is 0 Å². The number of piperidine rings is 1. The number of hydrogen-bond donors (Lipinski definition) is 1. The second kappa shape index (κ2) is 8.41. The number of benzene rings is 1. The lowest BCUT2D eigenvalue weighted by Gasteiger charge is -2.31. The van der Waals surface area contributed by atoms with Crippen LogP contribution in [0.25, 0.3) is 0 Å². The lowest BCUT2D eigenvalue weighted by Crippen LogP contribution is -2.45. The van der Waals surface area contributed by atoms with Crippen molar-refractivity contribution in [3.63, 3.8) is 0 Å². The van der Waals surface area contributed by atoms with Gasteiger partial charge >= 0.3 is 5.97 Å². The number of amides is 2. The zero-order valence-electron chi connectivity index (χ0n) is 15.6. The molecule has 146 valence electrons. The summed E-state index contributed by atoms with van der Waals surface area (Å²) in [5.74, 6) is -0.146. The molecule has 1 saturated carbocycles. The third kappa shape index (κ3) is 5.21. The van der Waals surface area contributed by atoms with Gasteiger partial charge in [-0.3, -0.25) is 14.4 Å². The lowest BCUT2D eigenvalue weighted by molar-refractivity contribution is -0.145. The predicted molar refractivity (Wildman–Crippen MR) is 98.6 cm³/mol. The average Bonchev–Trinajstić information content (AvgIpc) is 3.50. The summed E-state index contributed by atoms with van der Waals surface area (Å²) in [4.78, 5) is 38.9. The molecule has 1 aliphatic heterocycles. The van der Waals surface area contributed by atoms with Gasteiger partial charge in [-0.1, -0.05) is 0 Å². The van der Waals surface area contributed by atoms with Gasteiger partial charge in [-0.05, 0) is 55.9 Å². The van der Waals surface area contributed by atoms with Crippen molar-refractivity contribution < 1.29 is 24.2 Å². The Morgan fingerprint density at radius 3 is 2.30 bits per heavy atom. The van der Waals surface area contributed by atoms with Gasteiger partial charge in [0.15, 0.2) is 0 Å². The van der Waals surface area contributed by atoms with Crippen LogP contribution in [0.15, 0.2) is 24.3 Å². The molecule has 7 nitrogen and oxygen atoms in total. The molecule has 1 saturated heterocycles. The van der Waals surface area contributed by atoms with Crippen molar-refractivity contribution in [2.45, 2.75) is 25.7 Å². The fourth-order valence-corrected chi connectivity index (χ4v) is 3.16. The highest BCUT2D eigenvalue weighted by Crippen LogP contribution is 2.29. The van der Waals surface area contributed by atoms with Crippen LogP contribution >= 0.6 is 0 Å². The molecular formula is C20H26N2O5. The van der Waals surface area contributed by atoms with Crippen molar-refractivity contribution in [1.29, 1.82) is 0 Å². The van der Waals surface area contributed by atoms with Gasteiger partial charge in [0.25, 0.3) is 5.91 Å². The van der Waals surface area contributed by atoms with Crippen LogP contribution in [0.5, 0.6) is 5.75 Å². The summed E-state index contributed by atoms with van der Waals surface area (Å²) in [6.07, 6.45) is 3.37. The Bertz CT molecular complexity index is 691. The highest BCUT2D eigenvalue weighted by Gasteiger charge is 2.28. The quantitative estimate of drug-likeness (QED) is 0.787. The van der Waals surface area contributed by atoms with E-state index in [1.807, 2.05) is 0 Å². The van der Waals surface area contributed by atoms with E-state index in [1.165, 1.54) is 17.7 Å². The van der Waals surface area contributed by atoms with E-state index in [2.05, 4.69) is 0 Å². The van der Waals surface area contributed by atoms with Crippen LogP contribution < -0.4 is 4.74 Å². The normalized spacial score (nSPS) is 17.4. The van der Waals surface area contributed by atoms with Crippen molar-refractivity contribution >= 4 is 17.8 Å². The predicted octanol–water partition coefficient (Wildman–Crippen LogP) is 1.87. The molecule has 1 aromatic carbocycles. The summed E-state index contributed by atoms with van der Waals surface area (Å²) in [6.45, 7) is 1.55. The maximum absolute atomic E-state index is 12.5. The van der Waals surface area contributed by atoms with Crippen molar-refractivity contribution in [2.24, 2.45) is 11.8 Å². The van der Waals surface area contributed by atoms with Gasteiger partial charge in [-0.15, -0.1) is 0 Å². The van der Waals surface area contributed by atoms with Crippen LogP contribution in [-0.2, 0) is 9.59 Å². The first-order valence-corrected chi connectivity index (χ1v) is 9.43. The number of rotatable bonds is 7. The molecule has 0 bridgehead atoms. The van der Waals surface area contributed by atoms with E-state index in [4.69, 9.17) is 9.84 Å². The summed E-state index contributed by atoms with van der Waals surface area (Å²) in [7, 11) is 1.60. The molecule has 2 amide bonds. The fraction of sp³-hybridized carbons (Fsp3) is 0.550. The number of likely N-dealkylation sites (tertiary alicyclic amines) is 1. The smallest absolute Gasteiger partial charge is 0.306 e. The number of ether oxygens (including phenoxy) is 1. The van der Waals surface area contributed by atoms with Gasteiger partial charge in [0.2, 0.25) is 5.91 Å². The Morgan fingerprint density at radius 1 is 1.11 bits per heavy atom. The summed E-state index contributed by atoms with van der Waals surface area (Å²) in [5, 5.41) is 9.03. The van der Waals surface area contributed by atoms with Crippen LogP contribution in [0.1, 0.15) is 36.0 Å². The van der Waals surface area contributed by atoms with E-state index in [0.717, 1.165) is 12.4 Å². The lowest BCUT2D eigenvalue weighted by atomic mass is 9.97. The summed E-state index contributed by atoms with van der Waals surface area (Å²) >= 11 is 0. The number of hydrogen-bond acceptors (Lipinski definition) is 4. The molecule has 0 spiro atoms. The Balaban J connectivity index is 1.48. The highest BCUT2D eigenvalue weighted by molar-refractivity contribution is 5.96. The second-order valence-corrected chi connectivity index (χ2v) is 7.43. The third-order valence-electron chi connectivity index (χ3n) is 5.20. The number of carbonyl (C=O) groups is 3. The second-order valence-electron chi connectivity index (χ2n) is 7.43. The molecular weight excluding hydrogens is 348 g/mol. The maximum atomic E-state index is 12.5. The van der Waals surface area contributed by atoms with Crippen LogP contribution in [0.4, 0.5) is 0 Å². The number of nitrogens with zero attached hydrogens (tertiary/aromatic N) is 2. The molecule has 2 fully saturated rings. The van der Waals surface area contributed by atoms with Crippen molar-refractivity contribution in [3.8, 4) is 5.75 Å². The van der Waals surface area contributed by atoms with Gasteiger partial charge in [0.05, 0.1) is 19.1 Å². The van der Waals surface area contributed by atoms with E-state index in [0.29, 0.717) is 37.4 Å². The van der Waals surface area contributed by atoms with E-state index in [-0.39, 0.29) is 24.3 Å². The first kappa shape index (κ1) is 19.2. The summed E-state index contributed by atoms with van der Waals surface area (Å²) < 4.78 is 5.67. The van der Waals surface area contributed by atoms with Crippen molar-refractivity contribution in [1.82, 2.24) is 9.80 Å². The van der Waals surface area contributed by atoms with Gasteiger partial charge < -0.3 is 19.6 Å². The van der Waals surface area contributed by atoms with Gasteiger partial charge in [0.1, 0.15) is 5.75 Å². The Labute approximate surface area is 158 Å². The fourth-order valence-electron chi connectivity index (χ4n) is 3.16. The standard InChI is InChI=1S/C20H26N2O5/c1-21(12-18(23)22-10-8-16(9-11-22)20(25)26)19(24)15-4-6-17(7-5-15)27-13-14-2-3-14/h4-7,14,16H,2-3,8-13H2,1H3,(H,25,26). The average molecular weight is 374 g/mol. The topological polar surface area (TPSA) is 87.2 Å². The number of aliphatic carboxylic acids is 1. The highest BCUT2D eigenvalue weighted by atomic mass is 16.5. The molecule has 2 aliphatic rings. The number of carboxylic acid groups (broad SMARTS) is 1. The molecule has 7 heteroatoms. The molecule has 1 heterocycles. The molecule has 3 rings (SSSR count). The molecule has 1 aliphatic carbocycles. The van der Waals surface area contributed by atoms with Crippen molar-refractivity contribution in [3.05, 3.63) is 29.8 Å². The van der Waals surface area contributed by atoms with E-state index < -0.39 is 5.97 Å². The number of carbonyl (C=O) groups excluding carboxylic acids is 2. The first-order valence-electron chi connectivity index (χ1n) is 9.43. The van der Waals surface area contributed by atoms with Gasteiger partial charge in [0, 0.05) is 25.7 Å². The van der Waals surface area contributed by atoms with Gasteiger partial charge in [-0.25, -0.2) is 0 Å². The Hall–Kier alpha value is -2.57. The van der Waals surface area contributed by atoms with Crippen LogP contribution in [-0.4, -0.2) is 66.0 Å². The maximum Gasteiger partial charge on any atom is 0.306 e. The first-order chi connectivity index (χ1) is 12.9. The van der Waals surface area contributed by atoms with Gasteiger partial charge in [-0.2, -0.15) is 0 Å². The zero-order chi connectivity index (χ0) is 19.4. The minimum absolute atomic E-state index is 0.0174. The van der Waals surface area contributed by atoms with E-state index in [1.54, 1.807) is 36.2 Å². The summed E-state index contributed by atoms with van der Waals surface area (Å²) in [6, 6.07) is 6.98. The molecule has 27 heavy (non-hydrogen) atoms. The molecule has 1 N–H and O–H groups in total. The number of likely N-dealkylation sites (N-methyl/N-ethyl adjacent to an activating group) is 1. The van der Waals surface area contributed by atoms with Crippen LogP contribution in [0.3, 0.4) is 0 Å². The SMILES string of the molecule is CN(CC(=O)N1CCC(C(=O)O)CC1)C(=O)c1ccc(OCC2CC2)cc1. The monoisotopic (exact) mass is 374 g/mol.